The highest BCUT2D eigenvalue weighted by Crippen LogP contribution is 2.37. The average molecular weight is 236 g/mol. The predicted octanol–water partition coefficient (Wildman–Crippen LogP) is 2.34. The molecule has 1 aliphatic rings. The molecular weight excluding hydrogens is 216 g/mol. The number of carbonyl (C=O) groups excluding carboxylic acids is 1. The summed E-state index contributed by atoms with van der Waals surface area (Å²) < 4.78 is 5.05. The Labute approximate surface area is 103 Å². The lowest BCUT2D eigenvalue weighted by molar-refractivity contribution is 0.0527. The molecule has 0 N–H and O–H groups in total. The number of benzene rings is 1. The molecule has 1 aromatic carbocycles. The van der Waals surface area contributed by atoms with Gasteiger partial charge in [0.25, 0.3) is 0 Å². The fourth-order valence-electron chi connectivity index (χ4n) is 2.08. The highest BCUT2D eigenvalue weighted by Gasteiger charge is 2.26. The number of para-hydroxylation sites is 1. The molecule has 0 unspecified atom stereocenters. The van der Waals surface area contributed by atoms with Crippen LogP contribution in [0.25, 0.3) is 0 Å². The summed E-state index contributed by atoms with van der Waals surface area (Å²) in [6, 6.07) is 5.72. The quantitative estimate of drug-likeness (QED) is 0.738. The van der Waals surface area contributed by atoms with Gasteiger partial charge >= 0.3 is 5.97 Å². The highest BCUT2D eigenvalue weighted by atomic mass is 16.5. The van der Waals surface area contributed by atoms with Crippen LogP contribution in [0.2, 0.25) is 0 Å². The average Bonchev–Trinajstić information content (AvgIpc) is 2.55. The molecule has 1 aliphatic heterocycles. The number of fused-ring (bicyclic) bond motifs is 1. The van der Waals surface area contributed by atoms with E-state index in [1.807, 2.05) is 39.2 Å². The first kappa shape index (κ1) is 13.4. The van der Waals surface area contributed by atoms with Crippen molar-refractivity contribution in [1.29, 1.82) is 0 Å². The van der Waals surface area contributed by atoms with E-state index in [0.29, 0.717) is 12.2 Å². The van der Waals surface area contributed by atoms with Crippen LogP contribution in [0.4, 0.5) is 11.4 Å². The van der Waals surface area contributed by atoms with Crippen LogP contribution in [-0.4, -0.2) is 33.3 Å². The van der Waals surface area contributed by atoms with E-state index >= 15 is 0 Å². The minimum atomic E-state index is -0.249. The molecule has 0 fully saturated rings. The normalized spacial score (nSPS) is 13.1. The van der Waals surface area contributed by atoms with Gasteiger partial charge in [-0.25, -0.2) is 4.79 Å². The van der Waals surface area contributed by atoms with Crippen molar-refractivity contribution in [3.63, 3.8) is 0 Å². The first-order valence-corrected chi connectivity index (χ1v) is 5.37. The lowest BCUT2D eigenvalue weighted by Gasteiger charge is -2.14. The monoisotopic (exact) mass is 236 g/mol. The maximum Gasteiger partial charge on any atom is 0.340 e. The Bertz CT molecular complexity index is 418. The van der Waals surface area contributed by atoms with Gasteiger partial charge in [-0.2, -0.15) is 0 Å². The lowest BCUT2D eigenvalue weighted by atomic mass is 10.1. The Hall–Kier alpha value is -1.71. The summed E-state index contributed by atoms with van der Waals surface area (Å²) in [4.78, 5) is 16.0. The Morgan fingerprint density at radius 2 is 2.06 bits per heavy atom. The maximum atomic E-state index is 11.8. The summed E-state index contributed by atoms with van der Waals surface area (Å²) in [5.74, 6) is -0.249. The predicted molar refractivity (Wildman–Crippen MR) is 70.8 cm³/mol. The molecular formula is C13H20N2O2. The second kappa shape index (κ2) is 5.08. The van der Waals surface area contributed by atoms with Crippen molar-refractivity contribution in [2.75, 3.05) is 37.2 Å². The van der Waals surface area contributed by atoms with Crippen molar-refractivity contribution < 1.29 is 9.53 Å². The van der Waals surface area contributed by atoms with Crippen LogP contribution in [0.15, 0.2) is 18.2 Å². The van der Waals surface area contributed by atoms with E-state index in [4.69, 9.17) is 4.74 Å². The second-order valence-corrected chi connectivity index (χ2v) is 3.93. The largest absolute Gasteiger partial charge is 0.462 e. The third-order valence-corrected chi connectivity index (χ3v) is 2.73. The molecule has 0 bridgehead atoms. The van der Waals surface area contributed by atoms with Gasteiger partial charge in [-0.15, -0.1) is 0 Å². The molecule has 4 nitrogen and oxygen atoms in total. The van der Waals surface area contributed by atoms with Crippen molar-refractivity contribution in [1.82, 2.24) is 0 Å². The van der Waals surface area contributed by atoms with Crippen molar-refractivity contribution in [2.45, 2.75) is 14.4 Å². The van der Waals surface area contributed by atoms with Gasteiger partial charge in [0.05, 0.1) is 30.2 Å². The molecule has 0 atom stereocenters. The number of anilines is 2. The Morgan fingerprint density at radius 3 is 2.71 bits per heavy atom. The van der Waals surface area contributed by atoms with Crippen LogP contribution >= 0.6 is 0 Å². The van der Waals surface area contributed by atoms with Gasteiger partial charge in [-0.1, -0.05) is 13.5 Å². The zero-order valence-corrected chi connectivity index (χ0v) is 9.86. The molecule has 0 aromatic heterocycles. The van der Waals surface area contributed by atoms with Crippen LogP contribution in [0.5, 0.6) is 0 Å². The van der Waals surface area contributed by atoms with Crippen LogP contribution in [0.1, 0.15) is 24.7 Å². The van der Waals surface area contributed by atoms with Gasteiger partial charge in [0, 0.05) is 14.1 Å². The van der Waals surface area contributed by atoms with Gasteiger partial charge in [-0.3, -0.25) is 0 Å². The summed E-state index contributed by atoms with van der Waals surface area (Å²) >= 11 is 0. The van der Waals surface area contributed by atoms with Crippen molar-refractivity contribution in [3.8, 4) is 0 Å². The van der Waals surface area contributed by atoms with Crippen LogP contribution in [0, 0.1) is 0 Å². The fourth-order valence-corrected chi connectivity index (χ4v) is 2.08. The van der Waals surface area contributed by atoms with E-state index in [1.54, 1.807) is 0 Å². The number of esters is 1. The minimum absolute atomic E-state index is 0. The zero-order valence-electron chi connectivity index (χ0n) is 9.86. The number of carbonyl (C=O) groups is 1. The first-order valence-electron chi connectivity index (χ1n) is 5.37. The minimum Gasteiger partial charge on any atom is -0.462 e. The van der Waals surface area contributed by atoms with Crippen LogP contribution < -0.4 is 9.80 Å². The molecule has 1 heterocycles. The summed E-state index contributed by atoms with van der Waals surface area (Å²) in [6.45, 7) is 3.02. The van der Waals surface area contributed by atoms with Crippen LogP contribution in [0.3, 0.4) is 0 Å². The smallest absolute Gasteiger partial charge is 0.340 e. The molecule has 2 rings (SSSR count). The number of hydrogen-bond donors (Lipinski definition) is 0. The molecule has 0 saturated heterocycles. The molecule has 0 aliphatic carbocycles. The maximum absolute atomic E-state index is 11.8. The molecule has 0 spiro atoms. The second-order valence-electron chi connectivity index (χ2n) is 3.93. The fraction of sp³-hybridized carbons (Fsp3) is 0.462. The van der Waals surface area contributed by atoms with Gasteiger partial charge in [0.15, 0.2) is 0 Å². The van der Waals surface area contributed by atoms with Gasteiger partial charge in [-0.05, 0) is 19.1 Å². The van der Waals surface area contributed by atoms with E-state index < -0.39 is 0 Å². The SMILES string of the molecule is C.CCOC(=O)c1cccc2c1N(C)CN2C. The van der Waals surface area contributed by atoms with Gasteiger partial charge in [0.1, 0.15) is 0 Å². The standard InChI is InChI=1S/C12H16N2O2.CH4/c1-4-16-12(15)9-6-5-7-10-11(9)14(3)8-13(10)2;/h5-7H,4,8H2,1-3H3;1H4. The highest BCUT2D eigenvalue weighted by molar-refractivity contribution is 6.00. The topological polar surface area (TPSA) is 32.8 Å². The molecule has 0 saturated carbocycles. The van der Waals surface area contributed by atoms with Gasteiger partial charge < -0.3 is 14.5 Å². The number of nitrogens with zero attached hydrogens (tertiary/aromatic N) is 2. The molecule has 94 valence electrons. The summed E-state index contributed by atoms with van der Waals surface area (Å²) in [7, 11) is 3.99. The third-order valence-electron chi connectivity index (χ3n) is 2.73. The van der Waals surface area contributed by atoms with E-state index in [9.17, 15) is 4.79 Å². The van der Waals surface area contributed by atoms with E-state index in [0.717, 1.165) is 18.0 Å². The van der Waals surface area contributed by atoms with Crippen molar-refractivity contribution >= 4 is 17.3 Å². The van der Waals surface area contributed by atoms with Crippen LogP contribution in [-0.2, 0) is 4.74 Å². The number of ether oxygens (including phenoxy) is 1. The van der Waals surface area contributed by atoms with E-state index in [-0.39, 0.29) is 13.4 Å². The summed E-state index contributed by atoms with van der Waals surface area (Å²) in [6.07, 6.45) is 0. The molecule has 0 radical (unpaired) electrons. The molecule has 4 heteroatoms. The number of hydrogen-bond acceptors (Lipinski definition) is 4. The Morgan fingerprint density at radius 1 is 1.35 bits per heavy atom. The first-order chi connectivity index (χ1) is 7.65. The van der Waals surface area contributed by atoms with Crippen molar-refractivity contribution in [3.05, 3.63) is 23.8 Å². The van der Waals surface area contributed by atoms with E-state index in [2.05, 4.69) is 9.80 Å². The Kier molecular flexibility index (Phi) is 3.99. The summed E-state index contributed by atoms with van der Waals surface area (Å²) in [5.41, 5.74) is 2.68. The molecule has 0 amide bonds. The van der Waals surface area contributed by atoms with E-state index in [1.165, 1.54) is 0 Å². The zero-order chi connectivity index (χ0) is 11.7. The van der Waals surface area contributed by atoms with Gasteiger partial charge in [0.2, 0.25) is 0 Å². The lowest BCUT2D eigenvalue weighted by Crippen LogP contribution is -2.24. The molecule has 1 aromatic rings. The molecule has 17 heavy (non-hydrogen) atoms. The summed E-state index contributed by atoms with van der Waals surface area (Å²) in [5, 5.41) is 0. The number of rotatable bonds is 2. The Balaban J connectivity index is 0.00000144. The third kappa shape index (κ3) is 2.20. The van der Waals surface area contributed by atoms with Crippen molar-refractivity contribution in [2.24, 2.45) is 0 Å².